The summed E-state index contributed by atoms with van der Waals surface area (Å²) >= 11 is 5.35. The molecule has 4 nitrogen and oxygen atoms in total. The number of thiocarbonyl (C=S) groups is 1. The van der Waals surface area contributed by atoms with E-state index in [9.17, 15) is 4.79 Å². The Hall–Kier alpha value is -2.40. The number of carbonyl (C=O) groups excluding carboxylic acids is 1. The van der Waals surface area contributed by atoms with Crippen molar-refractivity contribution in [3.8, 4) is 0 Å². The maximum atomic E-state index is 11.6. The Kier molecular flexibility index (Phi) is 5.71. The number of hydrogen-bond donors (Lipinski definition) is 2. The fourth-order valence-corrected chi connectivity index (χ4v) is 2.65. The van der Waals surface area contributed by atoms with Crippen LogP contribution < -0.4 is 10.6 Å². The molecule has 0 aromatic heterocycles. The van der Waals surface area contributed by atoms with Crippen molar-refractivity contribution < 1.29 is 9.53 Å². The quantitative estimate of drug-likeness (QED) is 0.660. The van der Waals surface area contributed by atoms with Gasteiger partial charge in [0.25, 0.3) is 0 Å². The first-order chi connectivity index (χ1) is 11.0. The van der Waals surface area contributed by atoms with Gasteiger partial charge in [-0.25, -0.2) is 4.79 Å². The minimum Gasteiger partial charge on any atom is -0.465 e. The van der Waals surface area contributed by atoms with Crippen molar-refractivity contribution in [2.24, 2.45) is 0 Å². The lowest BCUT2D eigenvalue weighted by Crippen LogP contribution is -2.31. The van der Waals surface area contributed by atoms with Crippen LogP contribution in [0.4, 0.5) is 5.69 Å². The first-order valence-corrected chi connectivity index (χ1v) is 7.73. The Morgan fingerprint density at radius 3 is 2.61 bits per heavy atom. The van der Waals surface area contributed by atoms with E-state index in [2.05, 4.69) is 36.6 Å². The van der Waals surface area contributed by atoms with Crippen LogP contribution >= 0.6 is 12.2 Å². The van der Waals surface area contributed by atoms with Gasteiger partial charge in [-0.15, -0.1) is 0 Å². The molecule has 0 unspecified atom stereocenters. The fraction of sp³-hybridized carbons (Fsp3) is 0.222. The lowest BCUT2D eigenvalue weighted by Gasteiger charge is -2.19. The third-order valence-electron chi connectivity index (χ3n) is 3.54. The summed E-state index contributed by atoms with van der Waals surface area (Å²) in [6, 6.07) is 15.3. The Balaban J connectivity index is 2.02. The molecule has 0 aliphatic rings. The van der Waals surface area contributed by atoms with Crippen molar-refractivity contribution in [1.82, 2.24) is 5.32 Å². The van der Waals surface area contributed by atoms with Gasteiger partial charge in [0.1, 0.15) is 0 Å². The highest BCUT2D eigenvalue weighted by Crippen LogP contribution is 2.17. The SMILES string of the molecule is COC(=O)c1cccc(NC(=S)N[C@@H](C)c2ccccc2C)c1. The van der Waals surface area contributed by atoms with E-state index in [4.69, 9.17) is 17.0 Å². The molecule has 23 heavy (non-hydrogen) atoms. The van der Waals surface area contributed by atoms with Gasteiger partial charge in [0.05, 0.1) is 18.7 Å². The maximum Gasteiger partial charge on any atom is 0.337 e. The molecule has 2 aromatic carbocycles. The molecule has 2 N–H and O–H groups in total. The number of hydrogen-bond acceptors (Lipinski definition) is 3. The highest BCUT2D eigenvalue weighted by atomic mass is 32.1. The smallest absolute Gasteiger partial charge is 0.337 e. The number of nitrogens with one attached hydrogen (secondary N) is 2. The van der Waals surface area contributed by atoms with Crippen LogP contribution in [0, 0.1) is 6.92 Å². The summed E-state index contributed by atoms with van der Waals surface area (Å²) in [5.74, 6) is -0.374. The number of anilines is 1. The molecule has 120 valence electrons. The molecule has 1 atom stereocenters. The Morgan fingerprint density at radius 2 is 1.91 bits per heavy atom. The molecule has 0 saturated carbocycles. The van der Waals surface area contributed by atoms with E-state index in [0.717, 1.165) is 5.69 Å². The van der Waals surface area contributed by atoms with Crippen molar-refractivity contribution in [2.75, 3.05) is 12.4 Å². The summed E-state index contributed by atoms with van der Waals surface area (Å²) in [6.45, 7) is 4.13. The summed E-state index contributed by atoms with van der Waals surface area (Å²) < 4.78 is 4.72. The van der Waals surface area contributed by atoms with Gasteiger partial charge in [0, 0.05) is 5.69 Å². The zero-order chi connectivity index (χ0) is 16.8. The van der Waals surface area contributed by atoms with E-state index in [1.807, 2.05) is 18.2 Å². The van der Waals surface area contributed by atoms with Crippen molar-refractivity contribution in [3.63, 3.8) is 0 Å². The molecule has 0 amide bonds. The molecule has 0 spiro atoms. The summed E-state index contributed by atoms with van der Waals surface area (Å²) in [5.41, 5.74) is 3.62. The van der Waals surface area contributed by atoms with Gasteiger partial charge in [-0.2, -0.15) is 0 Å². The van der Waals surface area contributed by atoms with Gasteiger partial charge < -0.3 is 15.4 Å². The highest BCUT2D eigenvalue weighted by molar-refractivity contribution is 7.80. The van der Waals surface area contributed by atoms with Gasteiger partial charge in [0.2, 0.25) is 0 Å². The molecule has 5 heteroatoms. The van der Waals surface area contributed by atoms with Crippen LogP contribution in [0.2, 0.25) is 0 Å². The van der Waals surface area contributed by atoms with E-state index in [1.54, 1.807) is 18.2 Å². The molecule has 2 rings (SSSR count). The lowest BCUT2D eigenvalue weighted by molar-refractivity contribution is 0.0601. The number of ether oxygens (including phenoxy) is 1. The standard InChI is InChI=1S/C18H20N2O2S/c1-12-7-4-5-10-16(12)13(2)19-18(23)20-15-9-6-8-14(11-15)17(21)22-3/h4-11,13H,1-3H3,(H2,19,20,23)/t13-/m0/s1. The van der Waals surface area contributed by atoms with Gasteiger partial charge in [0.15, 0.2) is 5.11 Å². The average Bonchev–Trinajstić information content (AvgIpc) is 2.54. The third-order valence-corrected chi connectivity index (χ3v) is 3.76. The molecule has 0 aliphatic heterocycles. The van der Waals surface area contributed by atoms with Crippen molar-refractivity contribution in [2.45, 2.75) is 19.9 Å². The molecule has 0 fully saturated rings. The Bertz CT molecular complexity index is 716. The summed E-state index contributed by atoms with van der Waals surface area (Å²) in [6.07, 6.45) is 0. The molecule has 0 aliphatic carbocycles. The predicted octanol–water partition coefficient (Wildman–Crippen LogP) is 3.83. The number of esters is 1. The number of aryl methyl sites for hydroxylation is 1. The number of carbonyl (C=O) groups is 1. The number of benzene rings is 2. The molecular formula is C18H20N2O2S. The first-order valence-electron chi connectivity index (χ1n) is 7.32. The van der Waals surface area contributed by atoms with Crippen molar-refractivity contribution >= 4 is 29.0 Å². The highest BCUT2D eigenvalue weighted by Gasteiger charge is 2.10. The van der Waals surface area contributed by atoms with E-state index >= 15 is 0 Å². The van der Waals surface area contributed by atoms with E-state index in [1.165, 1.54) is 18.2 Å². The zero-order valence-corrected chi connectivity index (χ0v) is 14.2. The molecule has 0 saturated heterocycles. The summed E-state index contributed by atoms with van der Waals surface area (Å²) in [5, 5.41) is 6.85. The second-order valence-electron chi connectivity index (χ2n) is 5.25. The minimum atomic E-state index is -0.374. The first kappa shape index (κ1) is 17.0. The van der Waals surface area contributed by atoms with Gasteiger partial charge >= 0.3 is 5.97 Å². The minimum absolute atomic E-state index is 0.0833. The zero-order valence-electron chi connectivity index (χ0n) is 13.4. The molecule has 0 bridgehead atoms. The second-order valence-corrected chi connectivity index (χ2v) is 5.66. The van der Waals surface area contributed by atoms with Gasteiger partial charge in [-0.1, -0.05) is 30.3 Å². The van der Waals surface area contributed by atoms with Gasteiger partial charge in [-0.05, 0) is 55.4 Å². The molecular weight excluding hydrogens is 308 g/mol. The second kappa shape index (κ2) is 7.74. The largest absolute Gasteiger partial charge is 0.465 e. The van der Waals surface area contributed by atoms with Crippen molar-refractivity contribution in [1.29, 1.82) is 0 Å². The molecule has 0 heterocycles. The topological polar surface area (TPSA) is 50.4 Å². The third kappa shape index (κ3) is 4.53. The van der Waals surface area contributed by atoms with Crippen LogP contribution in [-0.2, 0) is 4.74 Å². The summed E-state index contributed by atoms with van der Waals surface area (Å²) in [7, 11) is 1.36. The Morgan fingerprint density at radius 1 is 1.17 bits per heavy atom. The van der Waals surface area contributed by atoms with Crippen LogP contribution in [0.5, 0.6) is 0 Å². The number of methoxy groups -OCH3 is 1. The van der Waals surface area contributed by atoms with Crippen LogP contribution in [0.25, 0.3) is 0 Å². The van der Waals surface area contributed by atoms with Crippen LogP contribution in [0.1, 0.15) is 34.5 Å². The van der Waals surface area contributed by atoms with Crippen LogP contribution in [-0.4, -0.2) is 18.2 Å². The predicted molar refractivity (Wildman–Crippen MR) is 96.7 cm³/mol. The molecule has 2 aromatic rings. The van der Waals surface area contributed by atoms with Crippen LogP contribution in [0.15, 0.2) is 48.5 Å². The maximum absolute atomic E-state index is 11.6. The van der Waals surface area contributed by atoms with Crippen LogP contribution in [0.3, 0.4) is 0 Å². The number of rotatable bonds is 4. The summed E-state index contributed by atoms with van der Waals surface area (Å²) in [4.78, 5) is 11.6. The van der Waals surface area contributed by atoms with E-state index < -0.39 is 0 Å². The van der Waals surface area contributed by atoms with Crippen molar-refractivity contribution in [3.05, 3.63) is 65.2 Å². The lowest BCUT2D eigenvalue weighted by atomic mass is 10.0. The van der Waals surface area contributed by atoms with Gasteiger partial charge in [-0.3, -0.25) is 0 Å². The van der Waals surface area contributed by atoms with E-state index in [-0.39, 0.29) is 12.0 Å². The van der Waals surface area contributed by atoms with E-state index in [0.29, 0.717) is 10.7 Å². The average molecular weight is 328 g/mol. The normalized spacial score (nSPS) is 11.4. The fourth-order valence-electron chi connectivity index (χ4n) is 2.36. The monoisotopic (exact) mass is 328 g/mol. The molecule has 0 radical (unpaired) electrons. The Labute approximate surface area is 141 Å².